The van der Waals surface area contributed by atoms with Crippen LogP contribution in [0.3, 0.4) is 0 Å². The SMILES string of the molecule is Cc1c(N(C)Cc2nccs2)nn2c(C(F)(F)F)nnc2c1C. The molecule has 0 unspecified atom stereocenters. The van der Waals surface area contributed by atoms with E-state index in [1.807, 2.05) is 5.38 Å². The summed E-state index contributed by atoms with van der Waals surface area (Å²) in [5, 5.41) is 13.7. The third-order valence-electron chi connectivity index (χ3n) is 3.54. The van der Waals surface area contributed by atoms with E-state index in [1.54, 1.807) is 32.0 Å². The van der Waals surface area contributed by atoms with Crippen LogP contribution in [-0.4, -0.2) is 31.8 Å². The first-order valence-electron chi connectivity index (χ1n) is 6.68. The van der Waals surface area contributed by atoms with Crippen molar-refractivity contribution in [1.82, 2.24) is 24.8 Å². The highest BCUT2D eigenvalue weighted by molar-refractivity contribution is 7.09. The number of hydrogen-bond acceptors (Lipinski definition) is 6. The van der Waals surface area contributed by atoms with E-state index in [9.17, 15) is 13.2 Å². The molecule has 0 fully saturated rings. The monoisotopic (exact) mass is 342 g/mol. The average Bonchev–Trinajstić information content (AvgIpc) is 3.10. The molecule has 3 aromatic heterocycles. The standard InChI is InChI=1S/C13H13F3N6S/c1-7-8(2)11(21(3)6-9-17-4-5-23-9)20-22-10(7)18-19-12(22)13(14,15)16/h4-5H,6H2,1-3H3. The van der Waals surface area contributed by atoms with Crippen molar-refractivity contribution < 1.29 is 13.2 Å². The lowest BCUT2D eigenvalue weighted by Crippen LogP contribution is -2.22. The summed E-state index contributed by atoms with van der Waals surface area (Å²) < 4.78 is 39.9. The zero-order valence-electron chi connectivity index (χ0n) is 12.6. The van der Waals surface area contributed by atoms with Crippen LogP contribution in [0.2, 0.25) is 0 Å². The van der Waals surface area contributed by atoms with E-state index in [2.05, 4.69) is 20.3 Å². The minimum Gasteiger partial charge on any atom is -0.351 e. The van der Waals surface area contributed by atoms with E-state index in [0.29, 0.717) is 17.9 Å². The lowest BCUT2D eigenvalue weighted by molar-refractivity contribution is -0.146. The number of fused-ring (bicyclic) bond motifs is 1. The third kappa shape index (κ3) is 2.74. The zero-order valence-corrected chi connectivity index (χ0v) is 13.4. The van der Waals surface area contributed by atoms with Crippen LogP contribution in [0, 0.1) is 13.8 Å². The first kappa shape index (κ1) is 15.7. The first-order chi connectivity index (χ1) is 10.8. The van der Waals surface area contributed by atoms with Crippen molar-refractivity contribution in [3.05, 3.63) is 33.5 Å². The summed E-state index contributed by atoms with van der Waals surface area (Å²) in [5.74, 6) is -0.685. The Hall–Kier alpha value is -2.23. The summed E-state index contributed by atoms with van der Waals surface area (Å²) in [5.41, 5.74) is 1.49. The number of anilines is 1. The molecule has 0 amide bonds. The normalized spacial score (nSPS) is 12.1. The fourth-order valence-corrected chi connectivity index (χ4v) is 2.93. The van der Waals surface area contributed by atoms with Gasteiger partial charge in [-0.25, -0.2) is 4.98 Å². The quantitative estimate of drug-likeness (QED) is 0.732. The van der Waals surface area contributed by atoms with Gasteiger partial charge in [-0.1, -0.05) is 0 Å². The van der Waals surface area contributed by atoms with Gasteiger partial charge in [-0.15, -0.1) is 26.6 Å². The van der Waals surface area contributed by atoms with E-state index in [1.165, 1.54) is 11.3 Å². The van der Waals surface area contributed by atoms with Gasteiger partial charge in [0, 0.05) is 29.8 Å². The molecule has 0 atom stereocenters. The molecule has 0 aromatic carbocycles. The summed E-state index contributed by atoms with van der Waals surface area (Å²) in [4.78, 5) is 5.95. The fraction of sp³-hybridized carbons (Fsp3) is 0.385. The van der Waals surface area contributed by atoms with Gasteiger partial charge < -0.3 is 4.90 Å². The van der Waals surface area contributed by atoms with Crippen LogP contribution in [-0.2, 0) is 12.7 Å². The molecule has 3 aromatic rings. The van der Waals surface area contributed by atoms with Gasteiger partial charge in [0.1, 0.15) is 5.01 Å². The van der Waals surface area contributed by atoms with Gasteiger partial charge in [0.25, 0.3) is 5.82 Å². The molecule has 122 valence electrons. The van der Waals surface area contributed by atoms with Crippen molar-refractivity contribution >= 4 is 22.8 Å². The summed E-state index contributed by atoms with van der Waals surface area (Å²) in [7, 11) is 1.76. The second-order valence-electron chi connectivity index (χ2n) is 5.11. The lowest BCUT2D eigenvalue weighted by Gasteiger charge is -2.20. The maximum absolute atomic E-state index is 13.0. The molecule has 0 aliphatic carbocycles. The molecule has 23 heavy (non-hydrogen) atoms. The molecule has 0 bridgehead atoms. The summed E-state index contributed by atoms with van der Waals surface area (Å²) in [6.07, 6.45) is -2.93. The van der Waals surface area contributed by atoms with Gasteiger partial charge in [0.15, 0.2) is 11.5 Å². The molecule has 3 heterocycles. The molecule has 0 radical (unpaired) electrons. The Labute approximate surface area is 133 Å². The Morgan fingerprint density at radius 2 is 1.96 bits per heavy atom. The van der Waals surface area contributed by atoms with Crippen molar-refractivity contribution in [3.63, 3.8) is 0 Å². The maximum atomic E-state index is 13.0. The predicted molar refractivity (Wildman–Crippen MR) is 79.5 cm³/mol. The molecule has 3 rings (SSSR count). The van der Waals surface area contributed by atoms with E-state index in [-0.39, 0.29) is 5.65 Å². The van der Waals surface area contributed by atoms with Crippen molar-refractivity contribution in [1.29, 1.82) is 0 Å². The van der Waals surface area contributed by atoms with Crippen LogP contribution in [0.25, 0.3) is 5.65 Å². The van der Waals surface area contributed by atoms with Gasteiger partial charge in [-0.05, 0) is 13.8 Å². The van der Waals surface area contributed by atoms with E-state index >= 15 is 0 Å². The first-order valence-corrected chi connectivity index (χ1v) is 7.56. The third-order valence-corrected chi connectivity index (χ3v) is 4.30. The Morgan fingerprint density at radius 3 is 2.57 bits per heavy atom. The minimum absolute atomic E-state index is 0.112. The summed E-state index contributed by atoms with van der Waals surface area (Å²) in [6, 6.07) is 0. The van der Waals surface area contributed by atoms with Gasteiger partial charge in [0.05, 0.1) is 6.54 Å². The number of aryl methyl sites for hydroxylation is 1. The Balaban J connectivity index is 2.11. The molecular formula is C13H13F3N6S. The van der Waals surface area contributed by atoms with Crippen molar-refractivity contribution in [2.75, 3.05) is 11.9 Å². The zero-order chi connectivity index (χ0) is 16.8. The minimum atomic E-state index is -4.61. The molecule has 6 nitrogen and oxygen atoms in total. The van der Waals surface area contributed by atoms with Gasteiger partial charge >= 0.3 is 6.18 Å². The van der Waals surface area contributed by atoms with E-state index in [4.69, 9.17) is 0 Å². The number of alkyl halides is 3. The van der Waals surface area contributed by atoms with Crippen LogP contribution < -0.4 is 4.90 Å². The van der Waals surface area contributed by atoms with Crippen molar-refractivity contribution in [3.8, 4) is 0 Å². The molecule has 0 saturated heterocycles. The highest BCUT2D eigenvalue weighted by atomic mass is 32.1. The van der Waals surface area contributed by atoms with Gasteiger partial charge in [-0.2, -0.15) is 17.7 Å². The van der Waals surface area contributed by atoms with Crippen molar-refractivity contribution in [2.45, 2.75) is 26.6 Å². The lowest BCUT2D eigenvalue weighted by atomic mass is 10.2. The Bertz CT molecular complexity index is 840. The Kier molecular flexibility index (Phi) is 3.71. The number of thiazole rings is 1. The second-order valence-corrected chi connectivity index (χ2v) is 6.09. The molecule has 10 heteroatoms. The van der Waals surface area contributed by atoms with Crippen LogP contribution in [0.1, 0.15) is 22.0 Å². The van der Waals surface area contributed by atoms with Crippen LogP contribution in [0.15, 0.2) is 11.6 Å². The topological polar surface area (TPSA) is 59.2 Å². The van der Waals surface area contributed by atoms with Crippen LogP contribution in [0.4, 0.5) is 19.0 Å². The summed E-state index contributed by atoms with van der Waals surface area (Å²) >= 11 is 1.48. The molecular weight excluding hydrogens is 329 g/mol. The Morgan fingerprint density at radius 1 is 1.22 bits per heavy atom. The smallest absolute Gasteiger partial charge is 0.351 e. The number of halogens is 3. The van der Waals surface area contributed by atoms with Gasteiger partial charge in [0.2, 0.25) is 0 Å². The fourth-order valence-electron chi connectivity index (χ4n) is 2.26. The molecule has 0 spiro atoms. The summed E-state index contributed by atoms with van der Waals surface area (Å²) in [6.45, 7) is 3.97. The molecule has 0 N–H and O–H groups in total. The highest BCUT2D eigenvalue weighted by Crippen LogP contribution is 2.30. The number of nitrogens with zero attached hydrogens (tertiary/aromatic N) is 6. The van der Waals surface area contributed by atoms with Crippen LogP contribution >= 0.6 is 11.3 Å². The highest BCUT2D eigenvalue weighted by Gasteiger charge is 2.38. The van der Waals surface area contributed by atoms with E-state index in [0.717, 1.165) is 15.1 Å². The predicted octanol–water partition coefficient (Wildman–Crippen LogP) is 2.85. The average molecular weight is 342 g/mol. The number of hydrogen-bond donors (Lipinski definition) is 0. The van der Waals surface area contributed by atoms with Crippen molar-refractivity contribution in [2.24, 2.45) is 0 Å². The largest absolute Gasteiger partial charge is 0.453 e. The number of aromatic nitrogens is 5. The molecule has 0 aliphatic heterocycles. The van der Waals surface area contributed by atoms with E-state index < -0.39 is 12.0 Å². The molecule has 0 saturated carbocycles. The molecule has 0 aliphatic rings. The van der Waals surface area contributed by atoms with Crippen LogP contribution in [0.5, 0.6) is 0 Å². The number of rotatable bonds is 3. The van der Waals surface area contributed by atoms with Gasteiger partial charge in [-0.3, -0.25) is 0 Å². The second kappa shape index (κ2) is 5.44. The maximum Gasteiger partial charge on any atom is 0.453 e.